The molecule has 1 radical (unpaired) electrons. The summed E-state index contributed by atoms with van der Waals surface area (Å²) < 4.78 is 0. The van der Waals surface area contributed by atoms with Gasteiger partial charge < -0.3 is 22.4 Å². The average molecular weight is 567 g/mol. The minimum atomic E-state index is 0. The average Bonchev–Trinajstić information content (AvgIpc) is 3.67. The smallest absolute Gasteiger partial charge is 0.0798 e. The number of aromatic nitrogens is 6. The Balaban J connectivity index is 0.00000133. The second-order valence-electron chi connectivity index (χ2n) is 7.94. The molecule has 7 heterocycles. The van der Waals surface area contributed by atoms with E-state index in [1.54, 1.807) is 22.7 Å². The van der Waals surface area contributed by atoms with Gasteiger partial charge >= 0.3 is 0 Å². The van der Waals surface area contributed by atoms with Gasteiger partial charge in [0.15, 0.2) is 0 Å². The second kappa shape index (κ2) is 9.97. The zero-order valence-corrected chi connectivity index (χ0v) is 22.0. The summed E-state index contributed by atoms with van der Waals surface area (Å²) in [4.78, 5) is 27.7. The van der Waals surface area contributed by atoms with Crippen LogP contribution in [0.1, 0.15) is 22.8 Å². The van der Waals surface area contributed by atoms with Crippen molar-refractivity contribution in [3.05, 3.63) is 82.6 Å². The van der Waals surface area contributed by atoms with E-state index in [2.05, 4.69) is 56.3 Å². The molecule has 5 aromatic rings. The first-order chi connectivity index (χ1) is 16.8. The summed E-state index contributed by atoms with van der Waals surface area (Å²) >= 11 is 3.21. The van der Waals surface area contributed by atoms with Crippen LogP contribution in [0, 0.1) is 0 Å². The normalized spacial score (nSPS) is 11.8. The maximum atomic E-state index is 4.92. The van der Waals surface area contributed by atoms with E-state index in [1.807, 2.05) is 47.7 Å². The molecule has 0 saturated heterocycles. The number of hydrogen-bond acceptors (Lipinski definition) is 6. The Bertz CT molecular complexity index is 1670. The van der Waals surface area contributed by atoms with Crippen molar-refractivity contribution in [3.8, 4) is 20.9 Å². The summed E-state index contributed by atoms with van der Waals surface area (Å²) in [7, 11) is 0. The van der Waals surface area contributed by atoms with E-state index in [-0.39, 0.29) is 29.5 Å². The molecule has 5 aromatic heterocycles. The number of halogens is 1. The maximum absolute atomic E-state index is 4.92. The molecular weight excluding hydrogens is 551 g/mol. The first-order valence-corrected chi connectivity index (χ1v) is 12.4. The van der Waals surface area contributed by atoms with Crippen LogP contribution in [0.4, 0.5) is 0 Å². The van der Waals surface area contributed by atoms with Crippen LogP contribution >= 0.6 is 22.7 Å². The topological polar surface area (TPSA) is 83.1 Å². The predicted molar refractivity (Wildman–Crippen MR) is 141 cm³/mol. The summed E-state index contributed by atoms with van der Waals surface area (Å²) in [6, 6.07) is 12.5. The van der Waals surface area contributed by atoms with E-state index in [1.165, 1.54) is 0 Å². The fraction of sp³-hybridized carbons (Fsp3) is 0. The van der Waals surface area contributed by atoms with Crippen LogP contribution < -0.4 is 12.4 Å². The van der Waals surface area contributed by atoms with Crippen molar-refractivity contribution in [2.75, 3.05) is 0 Å². The van der Waals surface area contributed by atoms with Crippen molar-refractivity contribution < 1.29 is 29.5 Å². The van der Waals surface area contributed by atoms with Gasteiger partial charge in [0, 0.05) is 62.7 Å². The number of nitrogens with one attached hydrogen (secondary N) is 2. The van der Waals surface area contributed by atoms with Crippen molar-refractivity contribution in [1.29, 1.82) is 0 Å². The van der Waals surface area contributed by atoms with Gasteiger partial charge in [0.1, 0.15) is 0 Å². The maximum Gasteiger partial charge on any atom is 0.0798 e. The Labute approximate surface area is 230 Å². The van der Waals surface area contributed by atoms with Gasteiger partial charge in [-0.25, -0.2) is 9.97 Å². The van der Waals surface area contributed by atoms with Gasteiger partial charge in [-0.2, -0.15) is 0 Å². The number of thiazole rings is 2. The van der Waals surface area contributed by atoms with Crippen molar-refractivity contribution in [2.24, 2.45) is 0 Å². The zero-order valence-electron chi connectivity index (χ0n) is 18.4. The molecule has 0 fully saturated rings. The summed E-state index contributed by atoms with van der Waals surface area (Å²) in [6.07, 6.45) is 11.9. The van der Waals surface area contributed by atoms with Gasteiger partial charge in [-0.3, -0.25) is 9.97 Å². The van der Waals surface area contributed by atoms with Gasteiger partial charge in [-0.1, -0.05) is 0 Å². The Morgan fingerprint density at radius 1 is 0.611 bits per heavy atom. The van der Waals surface area contributed by atoms with Crippen LogP contribution in [0.2, 0.25) is 0 Å². The third-order valence-electron chi connectivity index (χ3n) is 5.76. The molecule has 0 unspecified atom stereocenters. The summed E-state index contributed by atoms with van der Waals surface area (Å²) in [5, 5.41) is 0. The summed E-state index contributed by atoms with van der Waals surface area (Å²) in [5.74, 6) is 0. The second-order valence-corrected chi connectivity index (χ2v) is 9.71. The minimum absolute atomic E-state index is 0. The van der Waals surface area contributed by atoms with E-state index in [0.29, 0.717) is 0 Å². The molecule has 36 heavy (non-hydrogen) atoms. The molecule has 0 aliphatic carbocycles. The van der Waals surface area contributed by atoms with Gasteiger partial charge in [0.2, 0.25) is 0 Å². The Morgan fingerprint density at radius 2 is 1.11 bits per heavy atom. The van der Waals surface area contributed by atoms with Gasteiger partial charge in [0.25, 0.3) is 0 Å². The van der Waals surface area contributed by atoms with Crippen LogP contribution in [-0.4, -0.2) is 29.9 Å². The van der Waals surface area contributed by atoms with E-state index in [9.17, 15) is 0 Å². The Kier molecular flexibility index (Phi) is 6.75. The number of H-pyrrole nitrogens is 2. The zero-order chi connectivity index (χ0) is 22.5. The molecule has 2 aliphatic rings. The molecule has 0 aromatic carbocycles. The van der Waals surface area contributed by atoms with E-state index >= 15 is 0 Å². The molecule has 0 amide bonds. The third kappa shape index (κ3) is 4.36. The third-order valence-corrected chi connectivity index (χ3v) is 7.34. The van der Waals surface area contributed by atoms with Crippen LogP contribution in [0.25, 0.3) is 67.3 Å². The molecule has 7 rings (SSSR count). The summed E-state index contributed by atoms with van der Waals surface area (Å²) in [6.45, 7) is 0. The minimum Gasteiger partial charge on any atom is -1.00 e. The fourth-order valence-electron chi connectivity index (χ4n) is 4.27. The fourth-order valence-corrected chi connectivity index (χ4v) is 5.65. The molecule has 0 spiro atoms. The quantitative estimate of drug-likeness (QED) is 0.311. The monoisotopic (exact) mass is 566 g/mol. The predicted octanol–water partition coefficient (Wildman–Crippen LogP) is 3.90. The van der Waals surface area contributed by atoms with E-state index in [4.69, 9.17) is 9.97 Å². The Hall–Kier alpha value is -3.33. The largest absolute Gasteiger partial charge is 1.00 e. The van der Waals surface area contributed by atoms with Crippen LogP contribution in [0.15, 0.2) is 59.8 Å². The molecule has 0 atom stereocenters. The SMILES string of the molecule is C1=Cc2nc1cc1ccc([nH]1)c(-c1cncs1)c1ccc(cc3nc(c2-c2cncs2)C=C3)[nH]1.[Cl-].[Mn]. The number of nitrogens with zero attached hydrogens (tertiary/aromatic N) is 4. The molecule has 2 aliphatic heterocycles. The molecule has 0 saturated carbocycles. The molecule has 6 nitrogen and oxygen atoms in total. The molecule has 8 bridgehead atoms. The molecule has 10 heteroatoms. The van der Waals surface area contributed by atoms with Gasteiger partial charge in [-0.05, 0) is 60.7 Å². The number of aromatic amines is 2. The van der Waals surface area contributed by atoms with E-state index in [0.717, 1.165) is 65.7 Å². The van der Waals surface area contributed by atoms with E-state index < -0.39 is 0 Å². The molecular formula is C26H16ClMnN6S2-. The van der Waals surface area contributed by atoms with Gasteiger partial charge in [0.05, 0.1) is 43.6 Å². The van der Waals surface area contributed by atoms with Crippen molar-refractivity contribution in [3.63, 3.8) is 0 Å². The molecule has 2 N–H and O–H groups in total. The Morgan fingerprint density at radius 3 is 1.58 bits per heavy atom. The standard InChI is InChI=1S/C26H16N6S2.ClH.Mn/c1-5-19-25(23-11-27-13-33-23)20-7-3-17(31-20)10-18-4-8-22(32-18)26(24-12-28-14-34-24)21-6-2-16(30-21)9-15(1)29-19;;/h1-14,29,31H;1H;/p-1. The van der Waals surface area contributed by atoms with Crippen LogP contribution in [0.3, 0.4) is 0 Å². The molecule has 177 valence electrons. The first-order valence-electron chi connectivity index (χ1n) is 10.7. The van der Waals surface area contributed by atoms with Crippen LogP contribution in [-0.2, 0) is 17.1 Å². The van der Waals surface area contributed by atoms with Crippen molar-refractivity contribution >= 4 is 69.0 Å². The first kappa shape index (κ1) is 24.4. The summed E-state index contributed by atoms with van der Waals surface area (Å²) in [5.41, 5.74) is 13.3. The van der Waals surface area contributed by atoms with Gasteiger partial charge in [-0.15, -0.1) is 22.7 Å². The van der Waals surface area contributed by atoms with Crippen molar-refractivity contribution in [1.82, 2.24) is 29.9 Å². The van der Waals surface area contributed by atoms with Crippen LogP contribution in [0.5, 0.6) is 0 Å². The number of fused-ring (bicyclic) bond motifs is 8. The number of hydrogen-bond donors (Lipinski definition) is 2. The van der Waals surface area contributed by atoms with Crippen molar-refractivity contribution in [2.45, 2.75) is 0 Å². The number of rotatable bonds is 2.